The van der Waals surface area contributed by atoms with E-state index in [0.29, 0.717) is 22.8 Å². The summed E-state index contributed by atoms with van der Waals surface area (Å²) in [6, 6.07) is 13.4. The minimum Gasteiger partial charge on any atom is -0.412 e. The largest absolute Gasteiger partial charge is 0.412 e. The molecule has 0 fully saturated rings. The third-order valence-corrected chi connectivity index (χ3v) is 5.66. The van der Waals surface area contributed by atoms with E-state index in [4.69, 9.17) is 14.2 Å². The van der Waals surface area contributed by atoms with E-state index in [2.05, 4.69) is 0 Å². The van der Waals surface area contributed by atoms with Gasteiger partial charge in [0.15, 0.2) is 0 Å². The number of benzene rings is 2. The molecular formula is C17H25GeNO7. The van der Waals surface area contributed by atoms with Crippen LogP contribution in [0.3, 0.4) is 0 Å². The van der Waals surface area contributed by atoms with Crippen molar-refractivity contribution in [2.45, 2.75) is 0 Å². The zero-order chi connectivity index (χ0) is 16.8. The second kappa shape index (κ2) is 12.1. The molecule has 2 aromatic carbocycles. The van der Waals surface area contributed by atoms with Gasteiger partial charge in [-0.05, 0) is 0 Å². The van der Waals surface area contributed by atoms with Crippen LogP contribution in [-0.2, 0) is 0 Å². The summed E-state index contributed by atoms with van der Waals surface area (Å²) in [5.41, 5.74) is 0.515. The van der Waals surface area contributed by atoms with Gasteiger partial charge in [-0.15, -0.1) is 0 Å². The number of hydrogen-bond acceptors (Lipinski definition) is 4. The fraction of sp³-hybridized carbons (Fsp3) is 0.235. The van der Waals surface area contributed by atoms with Gasteiger partial charge in [0.25, 0.3) is 0 Å². The van der Waals surface area contributed by atoms with Crippen molar-refractivity contribution >= 4 is 26.0 Å². The molecule has 2 rings (SSSR count). The number of hydrogen-bond donors (Lipinski definition) is 0. The Hall–Kier alpha value is -2.27. The van der Waals surface area contributed by atoms with Gasteiger partial charge < -0.3 is 16.4 Å². The monoisotopic (exact) mass is 429 g/mol. The van der Waals surface area contributed by atoms with Crippen LogP contribution >= 0.6 is 0 Å². The molecule has 0 atom stereocenters. The normalized spacial score (nSPS) is 8.92. The van der Waals surface area contributed by atoms with Crippen molar-refractivity contribution in [2.24, 2.45) is 0 Å². The molecule has 26 heavy (non-hydrogen) atoms. The number of nitrogens with zero attached hydrogens (tertiary/aromatic N) is 1. The van der Waals surface area contributed by atoms with Crippen molar-refractivity contribution < 1.29 is 35.4 Å². The molecule has 8 nitrogen and oxygen atoms in total. The molecule has 0 aliphatic heterocycles. The number of ether oxygens (including phenoxy) is 3. The van der Waals surface area contributed by atoms with Crippen molar-refractivity contribution in [1.82, 2.24) is 3.86 Å². The molecule has 0 aromatic heterocycles. The van der Waals surface area contributed by atoms with Gasteiger partial charge in [0.2, 0.25) is 0 Å². The Balaban J connectivity index is 0. The van der Waals surface area contributed by atoms with Crippen LogP contribution in [0.1, 0.15) is 10.4 Å². The summed E-state index contributed by atoms with van der Waals surface area (Å²) in [5.74, 6) is 1.37. The van der Waals surface area contributed by atoms with Crippen LogP contribution in [0.5, 0.6) is 17.2 Å². The molecule has 1 amide bonds. The standard InChI is InChI=1S/C17H19GeNO4.3H2O/c1-19(18-13-8-6-5-7-9-13)17(20)12-10-14(21-2)16(23-4)15(11-12)22-3;;;/h5-11H,1-4H3;3*1H2. The van der Waals surface area contributed by atoms with Gasteiger partial charge in [-0.2, -0.15) is 0 Å². The quantitative estimate of drug-likeness (QED) is 0.559. The first-order valence-electron chi connectivity index (χ1n) is 7.00. The van der Waals surface area contributed by atoms with Gasteiger partial charge in [-0.1, -0.05) is 0 Å². The average Bonchev–Trinajstić information content (AvgIpc) is 2.60. The molecule has 0 aliphatic carbocycles. The predicted octanol–water partition coefficient (Wildman–Crippen LogP) is -0.745. The summed E-state index contributed by atoms with van der Waals surface area (Å²) < 4.78 is 18.9. The topological polar surface area (TPSA) is 142 Å². The van der Waals surface area contributed by atoms with E-state index in [1.807, 2.05) is 37.4 Å². The third kappa shape index (κ3) is 5.92. The number of amides is 1. The first kappa shape index (κ1) is 26.0. The van der Waals surface area contributed by atoms with Crippen LogP contribution < -0.4 is 18.6 Å². The molecule has 2 aromatic rings. The Morgan fingerprint density at radius 3 is 1.81 bits per heavy atom. The van der Waals surface area contributed by atoms with Crippen LogP contribution in [0.2, 0.25) is 0 Å². The summed E-state index contributed by atoms with van der Waals surface area (Å²) in [6.45, 7) is 0. The molecule has 0 saturated heterocycles. The molecule has 0 saturated carbocycles. The van der Waals surface area contributed by atoms with Crippen LogP contribution in [0.4, 0.5) is 0 Å². The van der Waals surface area contributed by atoms with Crippen molar-refractivity contribution in [3.05, 3.63) is 48.0 Å². The summed E-state index contributed by atoms with van der Waals surface area (Å²) in [4.78, 5) is 12.7. The summed E-state index contributed by atoms with van der Waals surface area (Å²) >= 11 is -0.721. The second-order valence-corrected chi connectivity index (χ2v) is 7.84. The van der Waals surface area contributed by atoms with Gasteiger partial charge in [-0.25, -0.2) is 0 Å². The van der Waals surface area contributed by atoms with Crippen molar-refractivity contribution in [3.63, 3.8) is 0 Å². The van der Waals surface area contributed by atoms with E-state index < -0.39 is 15.7 Å². The van der Waals surface area contributed by atoms with Crippen LogP contribution in [-0.4, -0.2) is 70.2 Å². The molecule has 6 N–H and O–H groups in total. The second-order valence-electron chi connectivity index (χ2n) is 4.76. The number of methoxy groups -OCH3 is 3. The first-order valence-corrected chi connectivity index (χ1v) is 8.99. The predicted molar refractivity (Wildman–Crippen MR) is 101 cm³/mol. The zero-order valence-corrected chi connectivity index (χ0v) is 17.2. The van der Waals surface area contributed by atoms with E-state index in [-0.39, 0.29) is 22.3 Å². The minimum absolute atomic E-state index is 0. The smallest absolute Gasteiger partial charge is 0.412 e. The maximum atomic E-state index is 12.7. The Morgan fingerprint density at radius 2 is 1.38 bits per heavy atom. The third-order valence-electron chi connectivity index (χ3n) is 3.29. The van der Waals surface area contributed by atoms with E-state index in [1.54, 1.807) is 16.0 Å². The summed E-state index contributed by atoms with van der Waals surface area (Å²) in [6.07, 6.45) is 0. The average molecular weight is 428 g/mol. The zero-order valence-electron chi connectivity index (χ0n) is 15.1. The molecule has 0 heterocycles. The summed E-state index contributed by atoms with van der Waals surface area (Å²) in [5, 5.41) is 0. The van der Waals surface area contributed by atoms with Crippen LogP contribution in [0.15, 0.2) is 42.5 Å². The van der Waals surface area contributed by atoms with Crippen LogP contribution in [0.25, 0.3) is 0 Å². The number of carbonyl (C=O) groups is 1. The van der Waals surface area contributed by atoms with Crippen molar-refractivity contribution in [1.29, 1.82) is 0 Å². The first-order chi connectivity index (χ1) is 11.1. The van der Waals surface area contributed by atoms with Gasteiger partial charge in [0.1, 0.15) is 0 Å². The molecule has 0 aliphatic rings. The van der Waals surface area contributed by atoms with Gasteiger partial charge in [-0.3, -0.25) is 0 Å². The molecule has 2 radical (unpaired) electrons. The molecule has 9 heteroatoms. The minimum atomic E-state index is -0.721. The SMILES string of the molecule is COc1cc(C(=O)[N](C)[Ge][c]2ccccc2)cc(OC)c1OC.O.O.O. The van der Waals surface area contributed by atoms with Crippen molar-refractivity contribution in [3.8, 4) is 17.2 Å². The molecule has 0 unspecified atom stereocenters. The molecular weight excluding hydrogens is 403 g/mol. The van der Waals surface area contributed by atoms with Gasteiger partial charge >= 0.3 is 142 Å². The number of rotatable bonds is 6. The fourth-order valence-electron chi connectivity index (χ4n) is 2.16. The summed E-state index contributed by atoms with van der Waals surface area (Å²) in [7, 11) is 6.42. The Morgan fingerprint density at radius 1 is 0.885 bits per heavy atom. The van der Waals surface area contributed by atoms with E-state index in [9.17, 15) is 4.79 Å². The molecule has 144 valence electrons. The van der Waals surface area contributed by atoms with Gasteiger partial charge in [0, 0.05) is 0 Å². The maximum Gasteiger partial charge on any atom is -0.412 e. The Kier molecular flexibility index (Phi) is 12.1. The van der Waals surface area contributed by atoms with Crippen LogP contribution in [0, 0.1) is 0 Å². The molecule has 0 bridgehead atoms. The van der Waals surface area contributed by atoms with E-state index in [1.165, 1.54) is 25.7 Å². The molecule has 0 spiro atoms. The maximum absolute atomic E-state index is 12.7. The van der Waals surface area contributed by atoms with E-state index in [0.717, 1.165) is 0 Å². The Labute approximate surface area is 159 Å². The Bertz CT molecular complexity index is 657. The van der Waals surface area contributed by atoms with Gasteiger partial charge in [0.05, 0.1) is 0 Å². The van der Waals surface area contributed by atoms with Crippen molar-refractivity contribution in [2.75, 3.05) is 28.4 Å². The number of carbonyl (C=O) groups excluding carboxylic acids is 1. The van der Waals surface area contributed by atoms with E-state index >= 15 is 0 Å². The fourth-order valence-corrected chi connectivity index (χ4v) is 4.17.